The van der Waals surface area contributed by atoms with Crippen molar-refractivity contribution < 1.29 is 14.3 Å². The van der Waals surface area contributed by atoms with Gasteiger partial charge in [-0.1, -0.05) is 18.2 Å². The second kappa shape index (κ2) is 7.14. The van der Waals surface area contributed by atoms with Crippen LogP contribution in [0.25, 0.3) is 0 Å². The lowest BCUT2D eigenvalue weighted by Crippen LogP contribution is -2.42. The molecule has 4 nitrogen and oxygen atoms in total. The number of rotatable bonds is 4. The molecule has 5 heteroatoms. The molecular weight excluding hydrogens is 290 g/mol. The molecule has 0 radical (unpaired) electrons. The van der Waals surface area contributed by atoms with Crippen molar-refractivity contribution in [3.8, 4) is 0 Å². The predicted molar refractivity (Wildman–Crippen MR) is 82.6 cm³/mol. The highest BCUT2D eigenvalue weighted by atomic mass is 35.5. The third kappa shape index (κ3) is 3.89. The summed E-state index contributed by atoms with van der Waals surface area (Å²) in [4.78, 5) is 14.2. The number of carbonyl (C=O) groups is 1. The average molecular weight is 312 g/mol. The van der Waals surface area contributed by atoms with E-state index in [1.165, 1.54) is 7.11 Å². The summed E-state index contributed by atoms with van der Waals surface area (Å²) in [6.07, 6.45) is 6.32. The molecule has 2 aliphatic heterocycles. The van der Waals surface area contributed by atoms with Gasteiger partial charge in [-0.2, -0.15) is 0 Å². The van der Waals surface area contributed by atoms with E-state index >= 15 is 0 Å². The summed E-state index contributed by atoms with van der Waals surface area (Å²) in [6, 6.07) is -0.358. The van der Waals surface area contributed by atoms with Gasteiger partial charge in [-0.3, -0.25) is 0 Å². The second-order valence-corrected chi connectivity index (χ2v) is 5.94. The van der Waals surface area contributed by atoms with Gasteiger partial charge < -0.3 is 14.4 Å². The smallest absolute Gasteiger partial charge is 0.328 e. The van der Waals surface area contributed by atoms with Crippen molar-refractivity contribution >= 4 is 17.6 Å². The Morgan fingerprint density at radius 1 is 1.52 bits per heavy atom. The SMILES string of the molecule is C=C1C=C(Cl)C=C(C)N1C(CC1CCOCC1)C(=O)OC. The molecule has 0 saturated carbocycles. The normalized spacial score (nSPS) is 21.7. The maximum absolute atomic E-state index is 12.2. The largest absolute Gasteiger partial charge is 0.467 e. The van der Waals surface area contributed by atoms with E-state index in [-0.39, 0.29) is 12.0 Å². The minimum Gasteiger partial charge on any atom is -0.467 e. The summed E-state index contributed by atoms with van der Waals surface area (Å²) < 4.78 is 10.4. The zero-order valence-electron chi connectivity index (χ0n) is 12.6. The first-order valence-corrected chi connectivity index (χ1v) is 7.60. The van der Waals surface area contributed by atoms with Crippen LogP contribution in [0.2, 0.25) is 0 Å². The van der Waals surface area contributed by atoms with Crippen molar-refractivity contribution in [3.05, 3.63) is 35.2 Å². The summed E-state index contributed by atoms with van der Waals surface area (Å²) in [5.74, 6) is 0.228. The summed E-state index contributed by atoms with van der Waals surface area (Å²) >= 11 is 6.05. The van der Waals surface area contributed by atoms with Crippen molar-refractivity contribution in [1.29, 1.82) is 0 Å². The van der Waals surface area contributed by atoms with Gasteiger partial charge in [0.2, 0.25) is 0 Å². The number of hydrogen-bond acceptors (Lipinski definition) is 4. The number of esters is 1. The molecule has 0 N–H and O–H groups in total. The molecule has 2 rings (SSSR count). The Hall–Kier alpha value is -1.26. The van der Waals surface area contributed by atoms with Gasteiger partial charge in [-0.25, -0.2) is 4.79 Å². The van der Waals surface area contributed by atoms with Crippen LogP contribution in [0, 0.1) is 5.92 Å². The summed E-state index contributed by atoms with van der Waals surface area (Å²) in [5, 5.41) is 0.628. The van der Waals surface area contributed by atoms with Gasteiger partial charge in [-0.05, 0) is 44.3 Å². The van der Waals surface area contributed by atoms with E-state index in [2.05, 4.69) is 6.58 Å². The standard InChI is InChI=1S/C16H22ClNO3/c1-11-8-14(17)9-12(2)18(11)15(16(19)20-3)10-13-4-6-21-7-5-13/h8-9,13,15H,1,4-7,10H2,2-3H3. The minimum absolute atomic E-state index is 0.234. The highest BCUT2D eigenvalue weighted by molar-refractivity contribution is 6.31. The zero-order valence-corrected chi connectivity index (χ0v) is 13.4. The maximum Gasteiger partial charge on any atom is 0.328 e. The number of ether oxygens (including phenoxy) is 2. The second-order valence-electron chi connectivity index (χ2n) is 5.51. The zero-order chi connectivity index (χ0) is 15.4. The van der Waals surface area contributed by atoms with Crippen LogP contribution in [0.1, 0.15) is 26.2 Å². The Morgan fingerprint density at radius 2 is 2.19 bits per heavy atom. The molecule has 1 unspecified atom stereocenters. The molecule has 1 atom stereocenters. The van der Waals surface area contributed by atoms with Crippen molar-refractivity contribution in [1.82, 2.24) is 4.90 Å². The topological polar surface area (TPSA) is 38.8 Å². The van der Waals surface area contributed by atoms with Crippen molar-refractivity contribution in [3.63, 3.8) is 0 Å². The third-order valence-electron chi connectivity index (χ3n) is 4.02. The molecule has 2 aliphatic rings. The molecule has 0 aromatic carbocycles. The van der Waals surface area contributed by atoms with Gasteiger partial charge in [0.05, 0.1) is 7.11 Å². The van der Waals surface area contributed by atoms with Crippen molar-refractivity contribution in [2.45, 2.75) is 32.2 Å². The van der Waals surface area contributed by atoms with Crippen LogP contribution >= 0.6 is 11.6 Å². The quantitative estimate of drug-likeness (QED) is 0.747. The predicted octanol–water partition coefficient (Wildman–Crippen LogP) is 3.20. The van der Waals surface area contributed by atoms with Crippen LogP contribution in [-0.4, -0.2) is 37.2 Å². The van der Waals surface area contributed by atoms with E-state index in [1.54, 1.807) is 6.08 Å². The number of carbonyl (C=O) groups excluding carboxylic acids is 1. The maximum atomic E-state index is 12.2. The van der Waals surface area contributed by atoms with Crippen molar-refractivity contribution in [2.75, 3.05) is 20.3 Å². The van der Waals surface area contributed by atoms with Gasteiger partial charge in [0.15, 0.2) is 0 Å². The highest BCUT2D eigenvalue weighted by Crippen LogP contribution is 2.31. The Morgan fingerprint density at radius 3 is 2.76 bits per heavy atom. The number of hydrogen-bond donors (Lipinski definition) is 0. The van der Waals surface area contributed by atoms with Crippen LogP contribution in [-0.2, 0) is 14.3 Å². The summed E-state index contributed by atoms with van der Waals surface area (Å²) in [6.45, 7) is 7.48. The van der Waals surface area contributed by atoms with E-state index in [9.17, 15) is 4.79 Å². The van der Waals surface area contributed by atoms with Gasteiger partial charge in [0, 0.05) is 29.6 Å². The molecule has 0 aromatic rings. The van der Waals surface area contributed by atoms with Gasteiger partial charge in [0.25, 0.3) is 0 Å². The lowest BCUT2D eigenvalue weighted by Gasteiger charge is -2.37. The molecule has 0 aromatic heterocycles. The van der Waals surface area contributed by atoms with Crippen LogP contribution in [0.4, 0.5) is 0 Å². The van der Waals surface area contributed by atoms with E-state index in [4.69, 9.17) is 21.1 Å². The molecule has 2 heterocycles. The number of nitrogens with zero attached hydrogens (tertiary/aromatic N) is 1. The van der Waals surface area contributed by atoms with E-state index < -0.39 is 0 Å². The first-order chi connectivity index (χ1) is 10.0. The number of methoxy groups -OCH3 is 1. The summed E-state index contributed by atoms with van der Waals surface area (Å²) in [5.41, 5.74) is 1.64. The molecule has 116 valence electrons. The third-order valence-corrected chi connectivity index (χ3v) is 4.24. The molecule has 0 spiro atoms. The first-order valence-electron chi connectivity index (χ1n) is 7.22. The Bertz CT molecular complexity index is 478. The molecule has 0 amide bonds. The fourth-order valence-corrected chi connectivity index (χ4v) is 3.24. The van der Waals surface area contributed by atoms with Crippen LogP contribution in [0.3, 0.4) is 0 Å². The van der Waals surface area contributed by atoms with Crippen LogP contribution in [0.5, 0.6) is 0 Å². The Balaban J connectivity index is 2.17. The minimum atomic E-state index is -0.358. The van der Waals surface area contributed by atoms with E-state index in [1.807, 2.05) is 17.9 Å². The van der Waals surface area contributed by atoms with Crippen molar-refractivity contribution in [2.24, 2.45) is 5.92 Å². The highest BCUT2D eigenvalue weighted by Gasteiger charge is 2.32. The molecule has 1 fully saturated rings. The van der Waals surface area contributed by atoms with Gasteiger partial charge in [0.1, 0.15) is 6.04 Å². The fourth-order valence-electron chi connectivity index (χ4n) is 2.95. The van der Waals surface area contributed by atoms with Crippen LogP contribution < -0.4 is 0 Å². The first kappa shape index (κ1) is 16.1. The van der Waals surface area contributed by atoms with E-state index in [0.29, 0.717) is 11.0 Å². The molecule has 0 aliphatic carbocycles. The fraction of sp³-hybridized carbons (Fsp3) is 0.562. The molecule has 1 saturated heterocycles. The number of halogens is 1. The lowest BCUT2D eigenvalue weighted by molar-refractivity contribution is -0.146. The molecular formula is C16H22ClNO3. The monoisotopic (exact) mass is 311 g/mol. The Kier molecular flexibility index (Phi) is 5.48. The number of allylic oxidation sites excluding steroid dienone is 4. The van der Waals surface area contributed by atoms with E-state index in [0.717, 1.165) is 43.9 Å². The van der Waals surface area contributed by atoms with Gasteiger partial charge >= 0.3 is 5.97 Å². The van der Waals surface area contributed by atoms with Gasteiger partial charge in [-0.15, -0.1) is 0 Å². The molecule has 21 heavy (non-hydrogen) atoms. The van der Waals surface area contributed by atoms with Crippen LogP contribution in [0.15, 0.2) is 35.2 Å². The average Bonchev–Trinajstić information content (AvgIpc) is 2.45. The lowest BCUT2D eigenvalue weighted by atomic mass is 9.91. The Labute approximate surface area is 131 Å². The molecule has 0 bridgehead atoms. The summed E-state index contributed by atoms with van der Waals surface area (Å²) in [7, 11) is 1.42.